The van der Waals surface area contributed by atoms with Gasteiger partial charge in [0.2, 0.25) is 0 Å². The molecule has 0 aliphatic carbocycles. The van der Waals surface area contributed by atoms with Crippen molar-refractivity contribution in [1.82, 2.24) is 0 Å². The molecule has 0 radical (unpaired) electrons. The van der Waals surface area contributed by atoms with Crippen LogP contribution in [0.4, 0.5) is 0 Å². The van der Waals surface area contributed by atoms with E-state index in [1.807, 2.05) is 0 Å². The summed E-state index contributed by atoms with van der Waals surface area (Å²) in [5, 5.41) is 8.99. The van der Waals surface area contributed by atoms with Gasteiger partial charge in [0.1, 0.15) is 6.42 Å². The predicted molar refractivity (Wildman–Crippen MR) is 52.8 cm³/mol. The molecule has 1 aromatic rings. The largest absolute Gasteiger partial charge is 0.481 e. The third kappa shape index (κ3) is 2.57. The number of ketones is 1. The minimum atomic E-state index is -1.12. The number of carboxylic acids is 1. The van der Waals surface area contributed by atoms with Gasteiger partial charge in [0, 0.05) is 10.6 Å². The van der Waals surface area contributed by atoms with E-state index >= 15 is 0 Å². The van der Waals surface area contributed by atoms with E-state index in [2.05, 4.69) is 0 Å². The molecule has 1 aromatic carbocycles. The van der Waals surface area contributed by atoms with Crippen LogP contribution in [-0.4, -0.2) is 16.9 Å². The first-order valence-electron chi connectivity index (χ1n) is 4.02. The summed E-state index contributed by atoms with van der Waals surface area (Å²) < 4.78 is 0. The number of rotatable bonds is 3. The summed E-state index contributed by atoms with van der Waals surface area (Å²) in [6, 6.07) is 4.71. The van der Waals surface area contributed by atoms with E-state index < -0.39 is 18.2 Å². The fourth-order valence-electron chi connectivity index (χ4n) is 1.06. The van der Waals surface area contributed by atoms with Crippen LogP contribution in [0.25, 0.3) is 0 Å². The zero-order chi connectivity index (χ0) is 10.7. The number of benzene rings is 1. The zero-order valence-electron chi connectivity index (χ0n) is 7.58. The Morgan fingerprint density at radius 2 is 2.07 bits per heavy atom. The third-order valence-corrected chi connectivity index (χ3v) is 2.22. The van der Waals surface area contributed by atoms with Crippen molar-refractivity contribution >= 4 is 23.4 Å². The van der Waals surface area contributed by atoms with Gasteiger partial charge in [0.05, 0.1) is 0 Å². The molecule has 14 heavy (non-hydrogen) atoms. The van der Waals surface area contributed by atoms with Crippen molar-refractivity contribution in [2.45, 2.75) is 13.3 Å². The standard InChI is InChI=1S/C10H9ClO3/c1-6-4-7(2-3-8(6)11)9(12)5-10(13)14/h2-4H,5H2,1H3,(H,13,14). The smallest absolute Gasteiger partial charge is 0.311 e. The predicted octanol–water partition coefficient (Wildman–Crippen LogP) is 2.31. The fourth-order valence-corrected chi connectivity index (χ4v) is 1.18. The molecule has 0 unspecified atom stereocenters. The second-order valence-electron chi connectivity index (χ2n) is 2.96. The molecule has 3 nitrogen and oxygen atoms in total. The first-order chi connectivity index (χ1) is 6.50. The molecule has 0 saturated carbocycles. The minimum absolute atomic E-state index is 0.384. The molecule has 0 amide bonds. The Hall–Kier alpha value is -1.35. The Bertz CT molecular complexity index is 385. The number of carboxylic acid groups (broad SMARTS) is 1. The number of Topliss-reactive ketones (excluding diaryl/α,β-unsaturated/α-hetero) is 1. The van der Waals surface area contributed by atoms with E-state index in [-0.39, 0.29) is 0 Å². The van der Waals surface area contributed by atoms with Crippen LogP contribution in [0, 0.1) is 6.92 Å². The van der Waals surface area contributed by atoms with Gasteiger partial charge in [-0.3, -0.25) is 9.59 Å². The van der Waals surface area contributed by atoms with Crippen LogP contribution < -0.4 is 0 Å². The van der Waals surface area contributed by atoms with Crippen LogP contribution in [-0.2, 0) is 4.79 Å². The highest BCUT2D eigenvalue weighted by atomic mass is 35.5. The summed E-state index contributed by atoms with van der Waals surface area (Å²) >= 11 is 5.76. The molecule has 0 aliphatic rings. The van der Waals surface area contributed by atoms with E-state index in [9.17, 15) is 9.59 Å². The van der Waals surface area contributed by atoms with Crippen molar-refractivity contribution in [3.8, 4) is 0 Å². The maximum absolute atomic E-state index is 11.3. The molecule has 0 heterocycles. The normalized spacial score (nSPS) is 9.86. The van der Waals surface area contributed by atoms with E-state index in [4.69, 9.17) is 16.7 Å². The summed E-state index contributed by atoms with van der Waals surface area (Å²) in [7, 11) is 0. The molecule has 0 spiro atoms. The van der Waals surface area contributed by atoms with Gasteiger partial charge in [-0.05, 0) is 30.7 Å². The van der Waals surface area contributed by atoms with E-state index in [0.717, 1.165) is 5.56 Å². The van der Waals surface area contributed by atoms with E-state index in [0.29, 0.717) is 10.6 Å². The van der Waals surface area contributed by atoms with Crippen LogP contribution in [0.3, 0.4) is 0 Å². The van der Waals surface area contributed by atoms with Gasteiger partial charge < -0.3 is 5.11 Å². The average Bonchev–Trinajstić information content (AvgIpc) is 2.08. The van der Waals surface area contributed by atoms with E-state index in [1.54, 1.807) is 19.1 Å². The molecule has 1 N–H and O–H groups in total. The molecule has 4 heteroatoms. The highest BCUT2D eigenvalue weighted by Crippen LogP contribution is 2.17. The first kappa shape index (κ1) is 10.7. The van der Waals surface area contributed by atoms with Crippen molar-refractivity contribution in [2.24, 2.45) is 0 Å². The number of aryl methyl sites for hydroxylation is 1. The second-order valence-corrected chi connectivity index (χ2v) is 3.36. The Morgan fingerprint density at radius 3 is 2.57 bits per heavy atom. The van der Waals surface area contributed by atoms with Crippen molar-refractivity contribution in [2.75, 3.05) is 0 Å². The lowest BCUT2D eigenvalue weighted by Crippen LogP contribution is -2.07. The molecule has 0 saturated heterocycles. The fraction of sp³-hybridized carbons (Fsp3) is 0.200. The highest BCUT2D eigenvalue weighted by Gasteiger charge is 2.10. The van der Waals surface area contributed by atoms with Crippen molar-refractivity contribution < 1.29 is 14.7 Å². The maximum atomic E-state index is 11.3. The lowest BCUT2D eigenvalue weighted by Gasteiger charge is -2.01. The van der Waals surface area contributed by atoms with Crippen molar-refractivity contribution in [3.05, 3.63) is 34.3 Å². The van der Waals surface area contributed by atoms with Gasteiger partial charge in [0.15, 0.2) is 5.78 Å². The van der Waals surface area contributed by atoms with Gasteiger partial charge in [0.25, 0.3) is 0 Å². The van der Waals surface area contributed by atoms with Gasteiger partial charge in [-0.1, -0.05) is 11.6 Å². The molecule has 0 bridgehead atoms. The minimum Gasteiger partial charge on any atom is -0.481 e. The van der Waals surface area contributed by atoms with Crippen LogP contribution in [0.5, 0.6) is 0 Å². The van der Waals surface area contributed by atoms with Gasteiger partial charge in [-0.15, -0.1) is 0 Å². The Kier molecular flexibility index (Phi) is 3.25. The maximum Gasteiger partial charge on any atom is 0.311 e. The number of halogens is 1. The molecular formula is C10H9ClO3. The summed E-state index contributed by atoms with van der Waals surface area (Å²) in [5.41, 5.74) is 1.15. The van der Waals surface area contributed by atoms with Gasteiger partial charge >= 0.3 is 5.97 Å². The topological polar surface area (TPSA) is 54.4 Å². The molecule has 0 aromatic heterocycles. The molecule has 0 atom stereocenters. The highest BCUT2D eigenvalue weighted by molar-refractivity contribution is 6.31. The van der Waals surface area contributed by atoms with Crippen LogP contribution in [0.15, 0.2) is 18.2 Å². The number of carbonyl (C=O) groups is 2. The quantitative estimate of drug-likeness (QED) is 0.618. The third-order valence-electron chi connectivity index (χ3n) is 1.79. The molecular weight excluding hydrogens is 204 g/mol. The molecule has 0 aliphatic heterocycles. The summed E-state index contributed by atoms with van der Waals surface area (Å²) in [4.78, 5) is 21.6. The van der Waals surface area contributed by atoms with Crippen LogP contribution in [0.2, 0.25) is 5.02 Å². The second kappa shape index (κ2) is 4.24. The first-order valence-corrected chi connectivity index (χ1v) is 4.39. The lowest BCUT2D eigenvalue weighted by molar-refractivity contribution is -0.135. The summed E-state index contributed by atoms with van der Waals surface area (Å²) in [6.07, 6.45) is -0.485. The molecule has 1 rings (SSSR count). The molecule has 0 fully saturated rings. The average molecular weight is 213 g/mol. The monoisotopic (exact) mass is 212 g/mol. The number of hydrogen-bond donors (Lipinski definition) is 1. The van der Waals surface area contributed by atoms with Crippen LogP contribution >= 0.6 is 11.6 Å². The zero-order valence-corrected chi connectivity index (χ0v) is 8.34. The Balaban J connectivity index is 2.91. The lowest BCUT2D eigenvalue weighted by atomic mass is 10.1. The van der Waals surface area contributed by atoms with E-state index in [1.165, 1.54) is 6.07 Å². The van der Waals surface area contributed by atoms with Crippen molar-refractivity contribution in [3.63, 3.8) is 0 Å². The number of carbonyl (C=O) groups excluding carboxylic acids is 1. The molecule has 74 valence electrons. The van der Waals surface area contributed by atoms with Gasteiger partial charge in [-0.2, -0.15) is 0 Å². The number of aliphatic carboxylic acids is 1. The van der Waals surface area contributed by atoms with Gasteiger partial charge in [-0.25, -0.2) is 0 Å². The summed E-state index contributed by atoms with van der Waals surface area (Å²) in [5.74, 6) is -1.53. The van der Waals surface area contributed by atoms with Crippen LogP contribution in [0.1, 0.15) is 22.3 Å². The number of hydrogen-bond acceptors (Lipinski definition) is 2. The van der Waals surface area contributed by atoms with Crippen molar-refractivity contribution in [1.29, 1.82) is 0 Å². The SMILES string of the molecule is Cc1cc(C(=O)CC(=O)O)ccc1Cl. The Labute approximate surface area is 86.3 Å². The Morgan fingerprint density at radius 1 is 1.43 bits per heavy atom. The summed E-state index contributed by atoms with van der Waals surface area (Å²) in [6.45, 7) is 1.76.